The summed E-state index contributed by atoms with van der Waals surface area (Å²) in [6.45, 7) is 5.49. The molecular weight excluding hydrogens is 442 g/mol. The number of sulfonamides is 1. The number of morpholine rings is 1. The summed E-state index contributed by atoms with van der Waals surface area (Å²) >= 11 is 4.45. The molecule has 0 atom stereocenters. The molecule has 0 saturated carbocycles. The number of aromatic nitrogens is 2. The van der Waals surface area contributed by atoms with Crippen LogP contribution in [0.5, 0.6) is 0 Å². The Morgan fingerprint density at radius 2 is 2.04 bits per heavy atom. The highest BCUT2D eigenvalue weighted by Gasteiger charge is 2.16. The molecule has 1 fully saturated rings. The minimum atomic E-state index is -3.48. The van der Waals surface area contributed by atoms with Crippen LogP contribution in [-0.4, -0.2) is 57.8 Å². The Hall–Kier alpha value is -1.27. The SMILES string of the molecule is Cc1nc(NCCNS(=O)(=O)c2ccc(Br)s2)cc(N2CCOCC2)n1. The maximum absolute atomic E-state index is 12.2. The van der Waals surface area contributed by atoms with Gasteiger partial charge in [0.25, 0.3) is 0 Å². The van der Waals surface area contributed by atoms with Crippen LogP contribution in [-0.2, 0) is 14.8 Å². The molecule has 0 aliphatic carbocycles. The van der Waals surface area contributed by atoms with Gasteiger partial charge in [0, 0.05) is 32.2 Å². The van der Waals surface area contributed by atoms with Crippen molar-refractivity contribution in [1.29, 1.82) is 0 Å². The van der Waals surface area contributed by atoms with Gasteiger partial charge in [-0.15, -0.1) is 11.3 Å². The van der Waals surface area contributed by atoms with Crippen molar-refractivity contribution in [3.05, 3.63) is 27.8 Å². The van der Waals surface area contributed by atoms with E-state index in [1.54, 1.807) is 12.1 Å². The first kappa shape index (κ1) is 19.5. The van der Waals surface area contributed by atoms with Crippen LogP contribution in [0.25, 0.3) is 0 Å². The van der Waals surface area contributed by atoms with E-state index >= 15 is 0 Å². The summed E-state index contributed by atoms with van der Waals surface area (Å²) in [4.78, 5) is 11.0. The highest BCUT2D eigenvalue weighted by molar-refractivity contribution is 9.11. The highest BCUT2D eigenvalue weighted by Crippen LogP contribution is 2.25. The predicted octanol–water partition coefficient (Wildman–Crippen LogP) is 1.84. The van der Waals surface area contributed by atoms with Gasteiger partial charge >= 0.3 is 0 Å². The Morgan fingerprint density at radius 3 is 2.73 bits per heavy atom. The summed E-state index contributed by atoms with van der Waals surface area (Å²) in [6.07, 6.45) is 0. The van der Waals surface area contributed by atoms with Crippen LogP contribution < -0.4 is 14.9 Å². The number of thiophene rings is 1. The van der Waals surface area contributed by atoms with Crippen molar-refractivity contribution in [3.63, 3.8) is 0 Å². The number of ether oxygens (including phenoxy) is 1. The zero-order valence-corrected chi connectivity index (χ0v) is 17.5. The minimum absolute atomic E-state index is 0.258. The van der Waals surface area contributed by atoms with E-state index in [9.17, 15) is 8.42 Å². The van der Waals surface area contributed by atoms with Gasteiger partial charge in [-0.25, -0.2) is 23.1 Å². The number of halogens is 1. The molecule has 0 bridgehead atoms. The fourth-order valence-corrected chi connectivity index (χ4v) is 5.57. The number of anilines is 2. The minimum Gasteiger partial charge on any atom is -0.378 e. The summed E-state index contributed by atoms with van der Waals surface area (Å²) in [7, 11) is -3.48. The van der Waals surface area contributed by atoms with Crippen molar-refractivity contribution in [2.75, 3.05) is 49.6 Å². The van der Waals surface area contributed by atoms with Gasteiger partial charge in [0.05, 0.1) is 17.0 Å². The number of nitrogens with zero attached hydrogens (tertiary/aromatic N) is 3. The van der Waals surface area contributed by atoms with Gasteiger partial charge in [-0.3, -0.25) is 0 Å². The fourth-order valence-electron chi connectivity index (χ4n) is 2.49. The van der Waals surface area contributed by atoms with E-state index in [4.69, 9.17) is 4.74 Å². The van der Waals surface area contributed by atoms with Crippen LogP contribution in [0.3, 0.4) is 0 Å². The highest BCUT2D eigenvalue weighted by atomic mass is 79.9. The Bertz CT molecular complexity index is 853. The van der Waals surface area contributed by atoms with Gasteiger partial charge in [-0.05, 0) is 35.0 Å². The Labute approximate surface area is 165 Å². The molecule has 3 heterocycles. The first-order valence-corrected chi connectivity index (χ1v) is 11.2. The topological polar surface area (TPSA) is 96.5 Å². The molecule has 1 aliphatic heterocycles. The molecule has 0 amide bonds. The normalized spacial score (nSPS) is 15.2. The molecule has 2 N–H and O–H groups in total. The van der Waals surface area contributed by atoms with E-state index in [-0.39, 0.29) is 10.8 Å². The molecule has 11 heteroatoms. The fraction of sp³-hybridized carbons (Fsp3) is 0.467. The monoisotopic (exact) mass is 461 g/mol. The summed E-state index contributed by atoms with van der Waals surface area (Å²) in [5.74, 6) is 2.20. The maximum Gasteiger partial charge on any atom is 0.250 e. The second-order valence-electron chi connectivity index (χ2n) is 5.64. The molecule has 0 radical (unpaired) electrons. The van der Waals surface area contributed by atoms with Gasteiger partial charge in [-0.2, -0.15) is 0 Å². The van der Waals surface area contributed by atoms with Crippen molar-refractivity contribution in [3.8, 4) is 0 Å². The second-order valence-corrected chi connectivity index (χ2v) is 10.1. The molecule has 26 heavy (non-hydrogen) atoms. The summed E-state index contributed by atoms with van der Waals surface area (Å²) in [5, 5.41) is 3.15. The van der Waals surface area contributed by atoms with E-state index in [1.807, 2.05) is 13.0 Å². The van der Waals surface area contributed by atoms with Gasteiger partial charge < -0.3 is 15.0 Å². The number of nitrogens with one attached hydrogen (secondary N) is 2. The molecular formula is C15H20BrN5O3S2. The smallest absolute Gasteiger partial charge is 0.250 e. The Balaban J connectivity index is 1.55. The van der Waals surface area contributed by atoms with E-state index in [1.165, 1.54) is 11.3 Å². The van der Waals surface area contributed by atoms with Crippen LogP contribution in [0.4, 0.5) is 11.6 Å². The summed E-state index contributed by atoms with van der Waals surface area (Å²) in [6, 6.07) is 5.17. The van der Waals surface area contributed by atoms with Gasteiger partial charge in [0.15, 0.2) is 0 Å². The van der Waals surface area contributed by atoms with Gasteiger partial charge in [0.2, 0.25) is 10.0 Å². The lowest BCUT2D eigenvalue weighted by atomic mass is 10.4. The number of hydrogen-bond donors (Lipinski definition) is 2. The first-order valence-electron chi connectivity index (χ1n) is 8.11. The zero-order chi connectivity index (χ0) is 18.6. The average Bonchev–Trinajstić information content (AvgIpc) is 3.07. The molecule has 1 aliphatic rings. The van der Waals surface area contributed by atoms with Crippen molar-refractivity contribution in [2.45, 2.75) is 11.1 Å². The lowest BCUT2D eigenvalue weighted by molar-refractivity contribution is 0.122. The molecule has 2 aromatic rings. The lowest BCUT2D eigenvalue weighted by Crippen LogP contribution is -2.37. The van der Waals surface area contributed by atoms with Gasteiger partial charge in [-0.1, -0.05) is 0 Å². The van der Waals surface area contributed by atoms with E-state index in [0.29, 0.717) is 31.4 Å². The summed E-state index contributed by atoms with van der Waals surface area (Å²) < 4.78 is 33.4. The van der Waals surface area contributed by atoms with Crippen LogP contribution in [0, 0.1) is 6.92 Å². The third-order valence-electron chi connectivity index (χ3n) is 3.70. The van der Waals surface area contributed by atoms with E-state index in [0.717, 1.165) is 22.7 Å². The number of aryl methyl sites for hydroxylation is 1. The van der Waals surface area contributed by atoms with Crippen LogP contribution in [0.15, 0.2) is 26.2 Å². The lowest BCUT2D eigenvalue weighted by Gasteiger charge is -2.28. The van der Waals surface area contributed by atoms with Crippen molar-refractivity contribution < 1.29 is 13.2 Å². The zero-order valence-electron chi connectivity index (χ0n) is 14.2. The molecule has 0 aromatic carbocycles. The quantitative estimate of drug-likeness (QED) is 0.607. The standard InChI is InChI=1S/C15H20BrN5O3S2/c1-11-19-13(10-14(20-11)21-6-8-24-9-7-21)17-4-5-18-26(22,23)15-3-2-12(16)25-15/h2-3,10,18H,4-9H2,1H3,(H,17,19,20). The first-order chi connectivity index (χ1) is 12.4. The third-order valence-corrected chi connectivity index (χ3v) is 7.27. The Kier molecular flexibility index (Phi) is 6.46. The molecule has 1 saturated heterocycles. The molecule has 3 rings (SSSR count). The van der Waals surface area contributed by atoms with Gasteiger partial charge in [0.1, 0.15) is 21.7 Å². The van der Waals surface area contributed by atoms with Crippen LogP contribution >= 0.6 is 27.3 Å². The predicted molar refractivity (Wildman–Crippen MR) is 105 cm³/mol. The van der Waals surface area contributed by atoms with Crippen molar-refractivity contribution in [1.82, 2.24) is 14.7 Å². The van der Waals surface area contributed by atoms with E-state index in [2.05, 4.69) is 40.8 Å². The van der Waals surface area contributed by atoms with Crippen LogP contribution in [0.1, 0.15) is 5.82 Å². The number of rotatable bonds is 7. The Morgan fingerprint density at radius 1 is 1.27 bits per heavy atom. The summed E-state index contributed by atoms with van der Waals surface area (Å²) in [5.41, 5.74) is 0. The van der Waals surface area contributed by atoms with Crippen molar-refractivity contribution in [2.24, 2.45) is 0 Å². The molecule has 142 valence electrons. The average molecular weight is 462 g/mol. The molecule has 0 unspecified atom stereocenters. The maximum atomic E-state index is 12.2. The molecule has 8 nitrogen and oxygen atoms in total. The number of hydrogen-bond acceptors (Lipinski definition) is 8. The van der Waals surface area contributed by atoms with Crippen LogP contribution in [0.2, 0.25) is 0 Å². The van der Waals surface area contributed by atoms with E-state index < -0.39 is 10.0 Å². The largest absolute Gasteiger partial charge is 0.378 e. The molecule has 0 spiro atoms. The molecule has 2 aromatic heterocycles. The van der Waals surface area contributed by atoms with Crippen molar-refractivity contribution >= 4 is 48.9 Å². The second kappa shape index (κ2) is 8.61. The third kappa shape index (κ3) is 5.13.